The van der Waals surface area contributed by atoms with Gasteiger partial charge in [-0.3, -0.25) is 9.59 Å². The van der Waals surface area contributed by atoms with Gasteiger partial charge < -0.3 is 14.2 Å². The van der Waals surface area contributed by atoms with E-state index < -0.39 is 5.97 Å². The molecule has 0 N–H and O–H groups in total. The monoisotopic (exact) mass is 280 g/mol. The molecule has 5 heteroatoms. The van der Waals surface area contributed by atoms with Crippen LogP contribution in [-0.4, -0.2) is 31.6 Å². The van der Waals surface area contributed by atoms with Crippen molar-refractivity contribution in [3.05, 3.63) is 23.8 Å². The van der Waals surface area contributed by atoms with Crippen molar-refractivity contribution in [2.75, 3.05) is 19.8 Å². The minimum Gasteiger partial charge on any atom is -0.494 e. The zero-order chi connectivity index (χ0) is 15.0. The smallest absolute Gasteiger partial charge is 0.313 e. The molecule has 20 heavy (non-hydrogen) atoms. The Morgan fingerprint density at radius 1 is 1.00 bits per heavy atom. The average Bonchev–Trinajstić information content (AvgIpc) is 2.40. The van der Waals surface area contributed by atoms with Crippen LogP contribution in [0.15, 0.2) is 18.2 Å². The molecule has 0 heterocycles. The maximum atomic E-state index is 12.1. The Bertz CT molecular complexity index is 467. The van der Waals surface area contributed by atoms with E-state index in [0.717, 1.165) is 0 Å². The van der Waals surface area contributed by atoms with Crippen LogP contribution in [-0.2, 0) is 9.53 Å². The zero-order valence-corrected chi connectivity index (χ0v) is 12.1. The number of hydrogen-bond donors (Lipinski definition) is 0. The Kier molecular flexibility index (Phi) is 6.56. The van der Waals surface area contributed by atoms with Gasteiger partial charge in [0.1, 0.15) is 17.9 Å². The first-order chi connectivity index (χ1) is 9.62. The summed E-state index contributed by atoms with van der Waals surface area (Å²) in [6.45, 7) is 6.61. The topological polar surface area (TPSA) is 61.8 Å². The van der Waals surface area contributed by atoms with Gasteiger partial charge in [0, 0.05) is 6.07 Å². The van der Waals surface area contributed by atoms with Gasteiger partial charge in [-0.1, -0.05) is 0 Å². The number of Topliss-reactive ketones (excluding diaryl/α,β-unsaturated/α-hetero) is 1. The van der Waals surface area contributed by atoms with Crippen LogP contribution in [0.4, 0.5) is 0 Å². The largest absolute Gasteiger partial charge is 0.494 e. The van der Waals surface area contributed by atoms with Crippen LogP contribution in [0.5, 0.6) is 11.5 Å². The molecule has 1 rings (SSSR count). The number of carbonyl (C=O) groups excluding carboxylic acids is 2. The number of benzene rings is 1. The summed E-state index contributed by atoms with van der Waals surface area (Å²) in [5.41, 5.74) is 0.364. The molecule has 1 aromatic carbocycles. The van der Waals surface area contributed by atoms with E-state index in [9.17, 15) is 9.59 Å². The lowest BCUT2D eigenvalue weighted by Crippen LogP contribution is -2.12. The van der Waals surface area contributed by atoms with Gasteiger partial charge in [-0.05, 0) is 32.9 Å². The van der Waals surface area contributed by atoms with Crippen LogP contribution >= 0.6 is 0 Å². The van der Waals surface area contributed by atoms with Gasteiger partial charge in [0.05, 0.1) is 25.4 Å². The van der Waals surface area contributed by atoms with Crippen LogP contribution < -0.4 is 9.47 Å². The molecule has 0 aromatic heterocycles. The SMILES string of the molecule is CCOC(=O)CC(=O)c1ccc(OCC)cc1OCC. The van der Waals surface area contributed by atoms with Crippen LogP contribution in [0.1, 0.15) is 37.6 Å². The number of carbonyl (C=O) groups is 2. The molecule has 0 bridgehead atoms. The van der Waals surface area contributed by atoms with E-state index in [4.69, 9.17) is 14.2 Å². The number of rotatable bonds is 8. The molecule has 1 aromatic rings. The Morgan fingerprint density at radius 3 is 2.30 bits per heavy atom. The molecule has 0 saturated carbocycles. The van der Waals surface area contributed by atoms with Crippen molar-refractivity contribution in [1.82, 2.24) is 0 Å². The molecular formula is C15H20O5. The quantitative estimate of drug-likeness (QED) is 0.416. The van der Waals surface area contributed by atoms with Gasteiger partial charge in [0.25, 0.3) is 0 Å². The second-order valence-electron chi connectivity index (χ2n) is 3.93. The molecule has 0 aliphatic rings. The average molecular weight is 280 g/mol. The van der Waals surface area contributed by atoms with Gasteiger partial charge in [0.2, 0.25) is 0 Å². The summed E-state index contributed by atoms with van der Waals surface area (Å²) in [5.74, 6) is 0.195. The van der Waals surface area contributed by atoms with Gasteiger partial charge in [0.15, 0.2) is 5.78 Å². The lowest BCUT2D eigenvalue weighted by molar-refractivity contribution is -0.141. The highest BCUT2D eigenvalue weighted by Gasteiger charge is 2.17. The zero-order valence-electron chi connectivity index (χ0n) is 12.1. The van der Waals surface area contributed by atoms with E-state index in [1.165, 1.54) is 0 Å². The van der Waals surface area contributed by atoms with Crippen LogP contribution in [0.25, 0.3) is 0 Å². The second-order valence-corrected chi connectivity index (χ2v) is 3.93. The number of ether oxygens (including phenoxy) is 3. The summed E-state index contributed by atoms with van der Waals surface area (Å²) in [7, 11) is 0. The standard InChI is InChI=1S/C15H20O5/c1-4-18-11-7-8-12(14(9-11)19-5-2)13(16)10-15(17)20-6-3/h7-9H,4-6,10H2,1-3H3. The molecule has 0 amide bonds. The number of ketones is 1. The molecule has 0 aliphatic carbocycles. The fraction of sp³-hybridized carbons (Fsp3) is 0.467. The van der Waals surface area contributed by atoms with Crippen molar-refractivity contribution < 1.29 is 23.8 Å². The molecule has 110 valence electrons. The summed E-state index contributed by atoms with van der Waals surface area (Å²) >= 11 is 0. The summed E-state index contributed by atoms with van der Waals surface area (Å²) in [6, 6.07) is 4.95. The third kappa shape index (κ3) is 4.57. The minimum atomic E-state index is -0.533. The maximum absolute atomic E-state index is 12.1. The summed E-state index contributed by atoms with van der Waals surface area (Å²) in [4.78, 5) is 23.4. The molecule has 0 unspecified atom stereocenters. The van der Waals surface area contributed by atoms with Gasteiger partial charge in [-0.25, -0.2) is 0 Å². The highest BCUT2D eigenvalue weighted by molar-refractivity contribution is 6.07. The van der Waals surface area contributed by atoms with E-state index in [1.807, 2.05) is 13.8 Å². The predicted molar refractivity (Wildman–Crippen MR) is 74.4 cm³/mol. The van der Waals surface area contributed by atoms with Crippen molar-refractivity contribution in [1.29, 1.82) is 0 Å². The molecule has 0 saturated heterocycles. The van der Waals surface area contributed by atoms with Gasteiger partial charge in [-0.15, -0.1) is 0 Å². The summed E-state index contributed by atoms with van der Waals surface area (Å²) in [6.07, 6.45) is -0.290. The number of esters is 1. The first-order valence-corrected chi connectivity index (χ1v) is 6.70. The normalized spacial score (nSPS) is 9.95. The maximum Gasteiger partial charge on any atom is 0.313 e. The van der Waals surface area contributed by atoms with E-state index in [-0.39, 0.29) is 18.8 Å². The lowest BCUT2D eigenvalue weighted by Gasteiger charge is -2.11. The third-order valence-corrected chi connectivity index (χ3v) is 2.47. The van der Waals surface area contributed by atoms with Crippen LogP contribution in [0, 0.1) is 0 Å². The molecule has 0 atom stereocenters. The fourth-order valence-electron chi connectivity index (χ4n) is 1.70. The van der Waals surface area contributed by atoms with Crippen LogP contribution in [0.2, 0.25) is 0 Å². The summed E-state index contributed by atoms with van der Waals surface area (Å²) in [5, 5.41) is 0. The fourth-order valence-corrected chi connectivity index (χ4v) is 1.70. The molecule has 0 spiro atoms. The molecule has 5 nitrogen and oxygen atoms in total. The van der Waals surface area contributed by atoms with Crippen LogP contribution in [0.3, 0.4) is 0 Å². The second kappa shape index (κ2) is 8.19. The summed E-state index contributed by atoms with van der Waals surface area (Å²) < 4.78 is 15.6. The van der Waals surface area contributed by atoms with Gasteiger partial charge in [-0.2, -0.15) is 0 Å². The van der Waals surface area contributed by atoms with Crippen molar-refractivity contribution in [2.45, 2.75) is 27.2 Å². The lowest BCUT2D eigenvalue weighted by atomic mass is 10.1. The Morgan fingerprint density at radius 2 is 1.70 bits per heavy atom. The Balaban J connectivity index is 2.91. The van der Waals surface area contributed by atoms with E-state index in [2.05, 4.69) is 0 Å². The molecule has 0 radical (unpaired) electrons. The third-order valence-electron chi connectivity index (χ3n) is 2.47. The highest BCUT2D eigenvalue weighted by atomic mass is 16.5. The predicted octanol–water partition coefficient (Wildman–Crippen LogP) is 2.62. The van der Waals surface area contributed by atoms with E-state index in [0.29, 0.717) is 30.3 Å². The Hall–Kier alpha value is -2.04. The first kappa shape index (κ1) is 16.0. The Labute approximate surface area is 118 Å². The van der Waals surface area contributed by atoms with Crippen molar-refractivity contribution in [3.63, 3.8) is 0 Å². The van der Waals surface area contributed by atoms with E-state index >= 15 is 0 Å². The highest BCUT2D eigenvalue weighted by Crippen LogP contribution is 2.26. The molecule has 0 fully saturated rings. The minimum absolute atomic E-state index is 0.258. The van der Waals surface area contributed by atoms with Crippen molar-refractivity contribution in [3.8, 4) is 11.5 Å². The van der Waals surface area contributed by atoms with Crippen molar-refractivity contribution in [2.24, 2.45) is 0 Å². The molecule has 0 aliphatic heterocycles. The number of hydrogen-bond acceptors (Lipinski definition) is 5. The first-order valence-electron chi connectivity index (χ1n) is 6.70. The van der Waals surface area contributed by atoms with E-state index in [1.54, 1.807) is 25.1 Å². The molecular weight excluding hydrogens is 260 g/mol. The van der Waals surface area contributed by atoms with Crippen molar-refractivity contribution >= 4 is 11.8 Å². The van der Waals surface area contributed by atoms with Gasteiger partial charge >= 0.3 is 5.97 Å².